The Balaban J connectivity index is 1.72. The molecule has 0 atom stereocenters. The quantitative estimate of drug-likeness (QED) is 0.154. The SMILES string of the molecule is COc1cccc(C2=C(c3cccc(OC)c3)N(C)C(C(C)C)(C3(C(C)C)N(C)C(c4ccccc4OC)=C(c4ccccc4OC)N3C)N2C)c1. The Kier molecular flexibility index (Phi) is 9.88. The van der Waals surface area contributed by atoms with Crippen LogP contribution < -0.4 is 18.9 Å². The van der Waals surface area contributed by atoms with Gasteiger partial charge in [0.15, 0.2) is 11.3 Å². The van der Waals surface area contributed by atoms with Crippen molar-refractivity contribution >= 4 is 22.8 Å². The summed E-state index contributed by atoms with van der Waals surface area (Å²) < 4.78 is 23.7. The molecule has 0 bridgehead atoms. The lowest BCUT2D eigenvalue weighted by Gasteiger charge is -2.64. The maximum Gasteiger partial charge on any atom is 0.158 e. The number of methoxy groups -OCH3 is 4. The molecule has 8 nitrogen and oxygen atoms in total. The van der Waals surface area contributed by atoms with Gasteiger partial charge in [-0.25, -0.2) is 0 Å². The molecular formula is C44H54N4O4. The third-order valence-electron chi connectivity index (χ3n) is 11.4. The minimum absolute atomic E-state index is 0.0860. The molecule has 0 fully saturated rings. The maximum absolute atomic E-state index is 6.08. The summed E-state index contributed by atoms with van der Waals surface area (Å²) in [5.41, 5.74) is 7.16. The van der Waals surface area contributed by atoms with Gasteiger partial charge in [-0.3, -0.25) is 0 Å². The molecule has 52 heavy (non-hydrogen) atoms. The number of rotatable bonds is 11. The third kappa shape index (κ3) is 5.09. The van der Waals surface area contributed by atoms with Gasteiger partial charge in [0.2, 0.25) is 0 Å². The summed E-state index contributed by atoms with van der Waals surface area (Å²) in [5, 5.41) is 0. The van der Waals surface area contributed by atoms with Crippen LogP contribution in [0.2, 0.25) is 0 Å². The number of hydrogen-bond acceptors (Lipinski definition) is 8. The Bertz CT molecular complexity index is 1870. The van der Waals surface area contributed by atoms with E-state index < -0.39 is 11.3 Å². The largest absolute Gasteiger partial charge is 0.497 e. The zero-order valence-electron chi connectivity index (χ0n) is 32.8. The van der Waals surface area contributed by atoms with E-state index in [9.17, 15) is 0 Å². The lowest BCUT2D eigenvalue weighted by molar-refractivity contribution is -0.171. The van der Waals surface area contributed by atoms with E-state index in [1.54, 1.807) is 28.4 Å². The lowest BCUT2D eigenvalue weighted by atomic mass is 9.72. The van der Waals surface area contributed by atoms with Crippen LogP contribution in [0.15, 0.2) is 97.1 Å². The number of nitrogens with zero attached hydrogens (tertiary/aromatic N) is 4. The molecule has 0 amide bonds. The molecule has 8 heteroatoms. The summed E-state index contributed by atoms with van der Waals surface area (Å²) in [6.45, 7) is 9.39. The molecule has 2 heterocycles. The first-order valence-electron chi connectivity index (χ1n) is 18.0. The van der Waals surface area contributed by atoms with Crippen molar-refractivity contribution < 1.29 is 18.9 Å². The van der Waals surface area contributed by atoms with Gasteiger partial charge in [0.05, 0.1) is 51.2 Å². The summed E-state index contributed by atoms with van der Waals surface area (Å²) >= 11 is 0. The second-order valence-electron chi connectivity index (χ2n) is 14.3. The predicted molar refractivity (Wildman–Crippen MR) is 212 cm³/mol. The van der Waals surface area contributed by atoms with Gasteiger partial charge in [-0.1, -0.05) is 76.2 Å². The predicted octanol–water partition coefficient (Wildman–Crippen LogP) is 8.53. The molecule has 6 rings (SSSR count). The fourth-order valence-corrected chi connectivity index (χ4v) is 9.65. The highest BCUT2D eigenvalue weighted by Crippen LogP contribution is 2.62. The van der Waals surface area contributed by atoms with E-state index in [2.05, 4.69) is 136 Å². The average Bonchev–Trinajstić information content (AvgIpc) is 3.54. The average molecular weight is 703 g/mol. The van der Waals surface area contributed by atoms with Crippen LogP contribution in [0.4, 0.5) is 0 Å². The molecule has 0 spiro atoms. The summed E-state index contributed by atoms with van der Waals surface area (Å²) in [6, 6.07) is 33.4. The topological polar surface area (TPSA) is 49.9 Å². The summed E-state index contributed by atoms with van der Waals surface area (Å²) in [6.07, 6.45) is 0. The van der Waals surface area contributed by atoms with Crippen LogP contribution in [-0.2, 0) is 0 Å². The Morgan fingerprint density at radius 2 is 0.769 bits per heavy atom. The Labute approximate surface area is 310 Å². The van der Waals surface area contributed by atoms with Crippen molar-refractivity contribution in [3.05, 3.63) is 119 Å². The summed E-state index contributed by atoms with van der Waals surface area (Å²) in [5.74, 6) is 3.41. The van der Waals surface area contributed by atoms with Crippen molar-refractivity contribution in [2.24, 2.45) is 11.8 Å². The highest BCUT2D eigenvalue weighted by atomic mass is 16.5. The van der Waals surface area contributed by atoms with Crippen LogP contribution >= 0.6 is 0 Å². The van der Waals surface area contributed by atoms with Gasteiger partial charge in [0.25, 0.3) is 0 Å². The highest BCUT2D eigenvalue weighted by Gasteiger charge is 2.71. The molecule has 2 aliphatic heterocycles. The Hall–Kier alpha value is -5.24. The summed E-state index contributed by atoms with van der Waals surface area (Å²) in [4.78, 5) is 10.1. The molecule has 0 aliphatic carbocycles. The second-order valence-corrected chi connectivity index (χ2v) is 14.3. The number of hydrogen-bond donors (Lipinski definition) is 0. The molecular weight excluding hydrogens is 649 g/mol. The Morgan fingerprint density at radius 3 is 1.10 bits per heavy atom. The minimum Gasteiger partial charge on any atom is -0.497 e. The van der Waals surface area contributed by atoms with E-state index in [1.807, 2.05) is 36.4 Å². The van der Waals surface area contributed by atoms with Gasteiger partial charge in [-0.15, -0.1) is 0 Å². The monoisotopic (exact) mass is 702 g/mol. The van der Waals surface area contributed by atoms with Crippen LogP contribution in [0, 0.1) is 11.8 Å². The van der Waals surface area contributed by atoms with Gasteiger partial charge < -0.3 is 38.5 Å². The maximum atomic E-state index is 6.08. The number of benzene rings is 4. The minimum atomic E-state index is -0.679. The normalized spacial score (nSPS) is 16.8. The van der Waals surface area contributed by atoms with Crippen molar-refractivity contribution in [2.75, 3.05) is 56.6 Å². The van der Waals surface area contributed by atoms with Crippen molar-refractivity contribution in [3.63, 3.8) is 0 Å². The van der Waals surface area contributed by atoms with Gasteiger partial charge >= 0.3 is 0 Å². The molecule has 0 unspecified atom stereocenters. The molecule has 0 saturated carbocycles. The zero-order chi connectivity index (χ0) is 37.5. The standard InChI is InChI=1S/C44H54N4O4/c1-29(2)43(45(5)39(31-19-17-21-33(27-31)49-9)40(46(43)6)32-20-18-22-34(28-32)50-10)44(30(3)4)47(7)41(35-23-13-15-25-37(35)51-11)42(48(44)8)36-24-14-16-26-38(36)52-12/h13-30H,1-12H3. The van der Waals surface area contributed by atoms with E-state index in [0.717, 1.165) is 68.0 Å². The molecule has 2 aliphatic rings. The number of para-hydroxylation sites is 2. The summed E-state index contributed by atoms with van der Waals surface area (Å²) in [7, 11) is 16.0. The highest BCUT2D eigenvalue weighted by molar-refractivity contribution is 5.97. The van der Waals surface area contributed by atoms with Crippen molar-refractivity contribution in [1.29, 1.82) is 0 Å². The van der Waals surface area contributed by atoms with E-state index in [0.29, 0.717) is 0 Å². The van der Waals surface area contributed by atoms with Gasteiger partial charge in [0.1, 0.15) is 23.0 Å². The molecule has 0 aromatic heterocycles. The van der Waals surface area contributed by atoms with E-state index >= 15 is 0 Å². The number of likely N-dealkylation sites (N-methyl/N-ethyl adjacent to an activating group) is 4. The van der Waals surface area contributed by atoms with Crippen LogP contribution in [-0.4, -0.2) is 87.6 Å². The molecule has 0 radical (unpaired) electrons. The van der Waals surface area contributed by atoms with E-state index in [-0.39, 0.29) is 11.8 Å². The van der Waals surface area contributed by atoms with Crippen LogP contribution in [0.5, 0.6) is 23.0 Å². The van der Waals surface area contributed by atoms with E-state index in [4.69, 9.17) is 18.9 Å². The fourth-order valence-electron chi connectivity index (χ4n) is 9.65. The van der Waals surface area contributed by atoms with Crippen molar-refractivity contribution in [3.8, 4) is 23.0 Å². The first kappa shape index (κ1) is 36.5. The van der Waals surface area contributed by atoms with Crippen molar-refractivity contribution in [2.45, 2.75) is 39.0 Å². The molecule has 4 aromatic carbocycles. The van der Waals surface area contributed by atoms with Gasteiger partial charge in [-0.05, 0) is 60.4 Å². The van der Waals surface area contributed by atoms with Crippen LogP contribution in [0.3, 0.4) is 0 Å². The van der Waals surface area contributed by atoms with Gasteiger partial charge in [0, 0.05) is 50.4 Å². The fraction of sp³-hybridized carbons (Fsp3) is 0.364. The molecule has 0 N–H and O–H groups in total. The second kappa shape index (κ2) is 14.1. The van der Waals surface area contributed by atoms with Crippen molar-refractivity contribution in [1.82, 2.24) is 19.6 Å². The zero-order valence-corrected chi connectivity index (χ0v) is 32.8. The first-order chi connectivity index (χ1) is 25.0. The molecule has 274 valence electrons. The molecule has 4 aromatic rings. The third-order valence-corrected chi connectivity index (χ3v) is 11.4. The molecule has 0 saturated heterocycles. The smallest absolute Gasteiger partial charge is 0.158 e. The number of ether oxygens (including phenoxy) is 4. The first-order valence-corrected chi connectivity index (χ1v) is 18.0. The van der Waals surface area contributed by atoms with Crippen LogP contribution in [0.25, 0.3) is 22.8 Å². The van der Waals surface area contributed by atoms with Gasteiger partial charge in [-0.2, -0.15) is 0 Å². The van der Waals surface area contributed by atoms with Crippen LogP contribution in [0.1, 0.15) is 49.9 Å². The lowest BCUT2D eigenvalue weighted by Crippen LogP contribution is -2.79. The Morgan fingerprint density at radius 1 is 0.423 bits per heavy atom. The van der Waals surface area contributed by atoms with E-state index in [1.165, 1.54) is 0 Å².